The Morgan fingerprint density at radius 1 is 1.39 bits per heavy atom. The van der Waals surface area contributed by atoms with E-state index in [0.29, 0.717) is 13.0 Å². The van der Waals surface area contributed by atoms with Gasteiger partial charge in [0.25, 0.3) is 0 Å². The van der Waals surface area contributed by atoms with Crippen LogP contribution in [0, 0.1) is 0 Å². The van der Waals surface area contributed by atoms with Gasteiger partial charge in [0.15, 0.2) is 0 Å². The van der Waals surface area contributed by atoms with E-state index in [4.69, 9.17) is 4.74 Å². The number of amides is 1. The maximum atomic E-state index is 12.6. The monoisotopic (exact) mass is 312 g/mol. The quantitative estimate of drug-likeness (QED) is 0.905. The van der Waals surface area contributed by atoms with Crippen LogP contribution in [0.2, 0.25) is 0 Å². The van der Waals surface area contributed by atoms with E-state index in [1.807, 2.05) is 12.1 Å². The Hall–Kier alpha value is -2.21. The highest BCUT2D eigenvalue weighted by atomic mass is 16.5. The summed E-state index contributed by atoms with van der Waals surface area (Å²) in [6.07, 6.45) is 5.47. The number of aromatic amines is 1. The SMILES string of the molecule is O=C(C[C@H]1OCCc2ccccc21)NC1(c2ncn[nH]2)CCC1. The van der Waals surface area contributed by atoms with Crippen LogP contribution in [0.4, 0.5) is 0 Å². The molecular formula is C17H20N4O2. The molecule has 4 rings (SSSR count). The van der Waals surface area contributed by atoms with Gasteiger partial charge in [0.2, 0.25) is 5.91 Å². The van der Waals surface area contributed by atoms with Gasteiger partial charge in [-0.05, 0) is 36.8 Å². The molecule has 0 saturated heterocycles. The molecule has 1 atom stereocenters. The summed E-state index contributed by atoms with van der Waals surface area (Å²) >= 11 is 0. The number of rotatable bonds is 4. The first kappa shape index (κ1) is 14.4. The van der Waals surface area contributed by atoms with Crippen LogP contribution in [-0.4, -0.2) is 27.7 Å². The molecule has 2 aromatic rings. The van der Waals surface area contributed by atoms with E-state index < -0.39 is 0 Å². The number of hydrogen-bond acceptors (Lipinski definition) is 4. The number of aromatic nitrogens is 3. The normalized spacial score (nSPS) is 22.0. The van der Waals surface area contributed by atoms with Crippen LogP contribution in [-0.2, 0) is 21.5 Å². The molecule has 6 nitrogen and oxygen atoms in total. The number of ether oxygens (including phenoxy) is 1. The van der Waals surface area contributed by atoms with Crippen molar-refractivity contribution < 1.29 is 9.53 Å². The van der Waals surface area contributed by atoms with Gasteiger partial charge in [-0.15, -0.1) is 0 Å². The van der Waals surface area contributed by atoms with Crippen LogP contribution in [0.3, 0.4) is 0 Å². The molecule has 1 aromatic heterocycles. The molecule has 23 heavy (non-hydrogen) atoms. The molecule has 1 aromatic carbocycles. The Balaban J connectivity index is 1.47. The van der Waals surface area contributed by atoms with Crippen molar-refractivity contribution in [2.45, 2.75) is 43.7 Å². The lowest BCUT2D eigenvalue weighted by molar-refractivity contribution is -0.127. The molecule has 0 bridgehead atoms. The van der Waals surface area contributed by atoms with Gasteiger partial charge in [-0.3, -0.25) is 9.89 Å². The van der Waals surface area contributed by atoms with Gasteiger partial charge in [-0.2, -0.15) is 5.10 Å². The average molecular weight is 312 g/mol. The molecule has 120 valence electrons. The second kappa shape index (κ2) is 5.77. The third-order valence-corrected chi connectivity index (χ3v) is 4.92. The molecule has 1 aliphatic heterocycles. The molecule has 2 N–H and O–H groups in total. The van der Waals surface area contributed by atoms with Crippen molar-refractivity contribution in [1.82, 2.24) is 20.5 Å². The zero-order valence-electron chi connectivity index (χ0n) is 12.9. The van der Waals surface area contributed by atoms with E-state index in [1.54, 1.807) is 0 Å². The third kappa shape index (κ3) is 2.63. The molecule has 1 amide bonds. The van der Waals surface area contributed by atoms with E-state index in [0.717, 1.165) is 37.1 Å². The van der Waals surface area contributed by atoms with E-state index in [-0.39, 0.29) is 17.6 Å². The molecule has 0 spiro atoms. The van der Waals surface area contributed by atoms with Gasteiger partial charge in [0, 0.05) is 0 Å². The Bertz CT molecular complexity index is 694. The fourth-order valence-electron chi connectivity index (χ4n) is 3.52. The molecule has 0 radical (unpaired) electrons. The van der Waals surface area contributed by atoms with E-state index in [2.05, 4.69) is 32.6 Å². The van der Waals surface area contributed by atoms with Crippen LogP contribution in [0.1, 0.15) is 48.7 Å². The number of benzene rings is 1. The lowest BCUT2D eigenvalue weighted by atomic mass is 9.76. The van der Waals surface area contributed by atoms with E-state index in [9.17, 15) is 4.79 Å². The fraction of sp³-hybridized carbons (Fsp3) is 0.471. The molecule has 2 heterocycles. The number of hydrogen-bond donors (Lipinski definition) is 2. The van der Waals surface area contributed by atoms with Crippen molar-refractivity contribution in [3.63, 3.8) is 0 Å². The van der Waals surface area contributed by atoms with Crippen molar-refractivity contribution in [3.05, 3.63) is 47.5 Å². The topological polar surface area (TPSA) is 79.9 Å². The summed E-state index contributed by atoms with van der Waals surface area (Å²) in [7, 11) is 0. The van der Waals surface area contributed by atoms with Gasteiger partial charge in [-0.25, -0.2) is 4.98 Å². The van der Waals surface area contributed by atoms with Gasteiger partial charge in [-0.1, -0.05) is 24.3 Å². The first-order valence-corrected chi connectivity index (χ1v) is 8.13. The van der Waals surface area contributed by atoms with Gasteiger partial charge < -0.3 is 10.1 Å². The van der Waals surface area contributed by atoms with Gasteiger partial charge in [0.1, 0.15) is 12.2 Å². The number of carbonyl (C=O) groups excluding carboxylic acids is 1. The highest BCUT2D eigenvalue weighted by Gasteiger charge is 2.43. The van der Waals surface area contributed by atoms with E-state index >= 15 is 0 Å². The minimum absolute atomic E-state index is 0.00260. The summed E-state index contributed by atoms with van der Waals surface area (Å²) in [5.41, 5.74) is 2.04. The maximum absolute atomic E-state index is 12.6. The molecule has 2 aliphatic rings. The first-order chi connectivity index (χ1) is 11.3. The van der Waals surface area contributed by atoms with Crippen LogP contribution < -0.4 is 5.32 Å². The minimum atomic E-state index is -0.373. The Labute approximate surface area is 134 Å². The molecule has 1 saturated carbocycles. The Morgan fingerprint density at radius 3 is 3.00 bits per heavy atom. The second-order valence-electron chi connectivity index (χ2n) is 6.33. The summed E-state index contributed by atoms with van der Waals surface area (Å²) in [6.45, 7) is 0.669. The van der Waals surface area contributed by atoms with Crippen LogP contribution in [0.25, 0.3) is 0 Å². The largest absolute Gasteiger partial charge is 0.373 e. The van der Waals surface area contributed by atoms with Crippen molar-refractivity contribution in [3.8, 4) is 0 Å². The van der Waals surface area contributed by atoms with Crippen molar-refractivity contribution in [2.75, 3.05) is 6.61 Å². The van der Waals surface area contributed by atoms with Crippen molar-refractivity contribution in [1.29, 1.82) is 0 Å². The third-order valence-electron chi connectivity index (χ3n) is 4.92. The summed E-state index contributed by atoms with van der Waals surface area (Å²) in [4.78, 5) is 16.8. The van der Waals surface area contributed by atoms with Gasteiger partial charge >= 0.3 is 0 Å². The zero-order valence-corrected chi connectivity index (χ0v) is 12.9. The minimum Gasteiger partial charge on any atom is -0.373 e. The summed E-state index contributed by atoms with van der Waals surface area (Å²) in [5.74, 6) is 0.755. The number of H-pyrrole nitrogens is 1. The lowest BCUT2D eigenvalue weighted by Crippen LogP contribution is -2.51. The predicted molar refractivity (Wildman–Crippen MR) is 83.5 cm³/mol. The van der Waals surface area contributed by atoms with Crippen molar-refractivity contribution in [2.24, 2.45) is 0 Å². The maximum Gasteiger partial charge on any atom is 0.223 e. The zero-order chi connectivity index (χ0) is 15.7. The predicted octanol–water partition coefficient (Wildman–Crippen LogP) is 2.00. The molecule has 1 aliphatic carbocycles. The number of carbonyl (C=O) groups is 1. The molecule has 1 fully saturated rings. The Kier molecular flexibility index (Phi) is 3.61. The molecule has 0 unspecified atom stereocenters. The van der Waals surface area contributed by atoms with Crippen LogP contribution in [0.15, 0.2) is 30.6 Å². The smallest absolute Gasteiger partial charge is 0.223 e. The highest BCUT2D eigenvalue weighted by molar-refractivity contribution is 5.78. The molecular weight excluding hydrogens is 292 g/mol. The summed E-state index contributed by atoms with van der Waals surface area (Å²) < 4.78 is 5.84. The fourth-order valence-corrected chi connectivity index (χ4v) is 3.52. The average Bonchev–Trinajstić information content (AvgIpc) is 3.06. The standard InChI is InChI=1S/C17H20N4O2/c22-15(20-17(7-3-8-17)16-18-11-19-21-16)10-14-13-5-2-1-4-12(13)6-9-23-14/h1-2,4-5,11,14H,3,6-10H2,(H,20,22)(H,18,19,21)/t14-/m1/s1. The Morgan fingerprint density at radius 2 is 2.26 bits per heavy atom. The first-order valence-electron chi connectivity index (χ1n) is 8.13. The highest BCUT2D eigenvalue weighted by Crippen LogP contribution is 2.39. The van der Waals surface area contributed by atoms with Crippen LogP contribution in [0.5, 0.6) is 0 Å². The lowest BCUT2D eigenvalue weighted by Gasteiger charge is -2.40. The van der Waals surface area contributed by atoms with E-state index in [1.165, 1.54) is 11.9 Å². The number of nitrogens with zero attached hydrogens (tertiary/aromatic N) is 2. The summed E-state index contributed by atoms with van der Waals surface area (Å²) in [6, 6.07) is 8.21. The second-order valence-corrected chi connectivity index (χ2v) is 6.33. The van der Waals surface area contributed by atoms with Crippen LogP contribution >= 0.6 is 0 Å². The van der Waals surface area contributed by atoms with Crippen molar-refractivity contribution >= 4 is 5.91 Å². The number of fused-ring (bicyclic) bond motifs is 1. The van der Waals surface area contributed by atoms with Gasteiger partial charge in [0.05, 0.1) is 24.7 Å². The number of nitrogens with one attached hydrogen (secondary N) is 2. The molecule has 6 heteroatoms. The summed E-state index contributed by atoms with van der Waals surface area (Å²) in [5, 5.41) is 9.97.